The molecular weight excluding hydrogens is 354 g/mol. The lowest BCUT2D eigenvalue weighted by Crippen LogP contribution is -2.06. The van der Waals surface area contributed by atoms with Crippen molar-refractivity contribution in [2.75, 3.05) is 12.4 Å². The quantitative estimate of drug-likeness (QED) is 0.585. The molecule has 3 aromatic carbocycles. The number of methoxy groups -OCH3 is 1. The minimum absolute atomic E-state index is 0.201. The van der Waals surface area contributed by atoms with Gasteiger partial charge in [-0.25, -0.2) is 4.79 Å². The van der Waals surface area contributed by atoms with Gasteiger partial charge < -0.3 is 19.9 Å². The molecule has 0 fully saturated rings. The van der Waals surface area contributed by atoms with Gasteiger partial charge in [-0.3, -0.25) is 0 Å². The zero-order valence-corrected chi connectivity index (χ0v) is 15.9. The normalized spacial score (nSPS) is 10.4. The summed E-state index contributed by atoms with van der Waals surface area (Å²) in [5, 5.41) is 12.5. The van der Waals surface area contributed by atoms with Crippen LogP contribution in [0, 0.1) is 6.92 Å². The summed E-state index contributed by atoms with van der Waals surface area (Å²) < 4.78 is 11.4. The molecule has 0 aliphatic carbocycles. The first-order chi connectivity index (χ1) is 13.6. The molecular formula is C23H23NO4. The van der Waals surface area contributed by atoms with Crippen molar-refractivity contribution in [1.29, 1.82) is 0 Å². The van der Waals surface area contributed by atoms with Gasteiger partial charge in [0, 0.05) is 12.1 Å². The Morgan fingerprint density at radius 3 is 2.39 bits per heavy atom. The second-order valence-electron chi connectivity index (χ2n) is 6.40. The molecule has 0 radical (unpaired) electrons. The summed E-state index contributed by atoms with van der Waals surface area (Å²) in [6, 6.07) is 20.7. The maximum Gasteiger partial charge on any atom is 0.335 e. The highest BCUT2D eigenvalue weighted by Crippen LogP contribution is 2.28. The largest absolute Gasteiger partial charge is 0.495 e. The number of ether oxygens (including phenoxy) is 2. The van der Waals surface area contributed by atoms with Crippen LogP contribution in [0.2, 0.25) is 0 Å². The van der Waals surface area contributed by atoms with Crippen molar-refractivity contribution in [3.63, 3.8) is 0 Å². The van der Waals surface area contributed by atoms with Gasteiger partial charge in [0.05, 0.1) is 18.4 Å². The van der Waals surface area contributed by atoms with Gasteiger partial charge in [0.1, 0.15) is 18.1 Å². The Morgan fingerprint density at radius 2 is 1.68 bits per heavy atom. The summed E-state index contributed by atoms with van der Waals surface area (Å²) in [5.74, 6) is 0.391. The Balaban J connectivity index is 1.74. The van der Waals surface area contributed by atoms with Crippen LogP contribution in [0.3, 0.4) is 0 Å². The molecule has 28 heavy (non-hydrogen) atoms. The summed E-state index contributed by atoms with van der Waals surface area (Å²) in [6.07, 6.45) is 0. The highest BCUT2D eigenvalue weighted by molar-refractivity contribution is 5.89. The number of carboxylic acid groups (broad SMARTS) is 1. The van der Waals surface area contributed by atoms with Crippen LogP contribution in [0.1, 0.15) is 27.0 Å². The first-order valence-corrected chi connectivity index (χ1v) is 8.99. The zero-order chi connectivity index (χ0) is 19.9. The Kier molecular flexibility index (Phi) is 6.17. The second-order valence-corrected chi connectivity index (χ2v) is 6.40. The number of hydrogen-bond donors (Lipinski definition) is 2. The van der Waals surface area contributed by atoms with Crippen LogP contribution in [0.25, 0.3) is 0 Å². The highest BCUT2D eigenvalue weighted by Gasteiger charge is 2.10. The van der Waals surface area contributed by atoms with Gasteiger partial charge in [0.15, 0.2) is 0 Å². The van der Waals surface area contributed by atoms with Gasteiger partial charge in [0.2, 0.25) is 0 Å². The van der Waals surface area contributed by atoms with E-state index in [-0.39, 0.29) is 5.56 Å². The number of para-hydroxylation sites is 1. The van der Waals surface area contributed by atoms with Gasteiger partial charge in [-0.05, 0) is 42.3 Å². The number of carbonyl (C=O) groups is 1. The number of aromatic carboxylic acids is 1. The summed E-state index contributed by atoms with van der Waals surface area (Å²) in [7, 11) is 1.56. The van der Waals surface area contributed by atoms with Crippen LogP contribution < -0.4 is 14.8 Å². The molecule has 0 heterocycles. The molecule has 3 rings (SSSR count). The number of nitrogens with one attached hydrogen (secondary N) is 1. The number of aryl methyl sites for hydroxylation is 1. The maximum absolute atomic E-state index is 11.2. The fourth-order valence-electron chi connectivity index (χ4n) is 2.89. The molecule has 0 saturated carbocycles. The van der Waals surface area contributed by atoms with E-state index in [9.17, 15) is 9.90 Å². The molecule has 144 valence electrons. The molecule has 5 nitrogen and oxygen atoms in total. The number of benzene rings is 3. The molecule has 0 aromatic heterocycles. The Morgan fingerprint density at radius 1 is 0.964 bits per heavy atom. The van der Waals surface area contributed by atoms with E-state index in [4.69, 9.17) is 9.47 Å². The van der Waals surface area contributed by atoms with Crippen molar-refractivity contribution in [3.8, 4) is 11.5 Å². The molecule has 0 spiro atoms. The van der Waals surface area contributed by atoms with E-state index in [0.29, 0.717) is 24.6 Å². The van der Waals surface area contributed by atoms with E-state index >= 15 is 0 Å². The smallest absolute Gasteiger partial charge is 0.335 e. The van der Waals surface area contributed by atoms with Crippen LogP contribution in [0.15, 0.2) is 66.7 Å². The van der Waals surface area contributed by atoms with E-state index in [1.807, 2.05) is 36.4 Å². The lowest BCUT2D eigenvalue weighted by Gasteiger charge is -2.15. The number of carboxylic acids is 1. The molecule has 0 bridgehead atoms. The number of anilines is 1. The van der Waals surface area contributed by atoms with Crippen molar-refractivity contribution in [2.24, 2.45) is 0 Å². The Labute approximate surface area is 164 Å². The monoisotopic (exact) mass is 377 g/mol. The summed E-state index contributed by atoms with van der Waals surface area (Å²) >= 11 is 0. The summed E-state index contributed by atoms with van der Waals surface area (Å²) in [5.41, 5.74) is 4.12. The third-order valence-corrected chi connectivity index (χ3v) is 4.53. The average Bonchev–Trinajstić information content (AvgIpc) is 2.72. The topological polar surface area (TPSA) is 67.8 Å². The van der Waals surface area contributed by atoms with Crippen LogP contribution in [-0.4, -0.2) is 18.2 Å². The zero-order valence-electron chi connectivity index (χ0n) is 15.9. The van der Waals surface area contributed by atoms with Crippen molar-refractivity contribution < 1.29 is 19.4 Å². The molecule has 3 aromatic rings. The van der Waals surface area contributed by atoms with Crippen molar-refractivity contribution >= 4 is 11.7 Å². The molecule has 0 aliphatic rings. The first-order valence-electron chi connectivity index (χ1n) is 8.99. The highest BCUT2D eigenvalue weighted by atomic mass is 16.5. The van der Waals surface area contributed by atoms with Crippen molar-refractivity contribution in [3.05, 3.63) is 89.0 Å². The third-order valence-electron chi connectivity index (χ3n) is 4.53. The average molecular weight is 377 g/mol. The number of hydrogen-bond acceptors (Lipinski definition) is 4. The third kappa shape index (κ3) is 4.62. The lowest BCUT2D eigenvalue weighted by molar-refractivity contribution is 0.0697. The fraction of sp³-hybridized carbons (Fsp3) is 0.174. The van der Waals surface area contributed by atoms with Gasteiger partial charge in [-0.2, -0.15) is 0 Å². The minimum atomic E-state index is -0.979. The lowest BCUT2D eigenvalue weighted by atomic mass is 10.1. The molecule has 0 amide bonds. The molecule has 2 N–H and O–H groups in total. The van der Waals surface area contributed by atoms with E-state index < -0.39 is 5.97 Å². The first kappa shape index (κ1) is 19.3. The molecule has 0 atom stereocenters. The molecule has 5 heteroatoms. The SMILES string of the molecule is COc1ccc(C(=O)O)cc1NCc1ccccc1OCc1ccccc1C. The van der Waals surface area contributed by atoms with E-state index in [2.05, 4.69) is 24.4 Å². The fourth-order valence-corrected chi connectivity index (χ4v) is 2.89. The second kappa shape index (κ2) is 8.95. The van der Waals surface area contributed by atoms with Crippen LogP contribution in [-0.2, 0) is 13.2 Å². The minimum Gasteiger partial charge on any atom is -0.495 e. The Hall–Kier alpha value is -3.47. The van der Waals surface area contributed by atoms with Gasteiger partial charge >= 0.3 is 5.97 Å². The van der Waals surface area contributed by atoms with Crippen LogP contribution >= 0.6 is 0 Å². The summed E-state index contributed by atoms with van der Waals surface area (Å²) in [4.78, 5) is 11.2. The van der Waals surface area contributed by atoms with E-state index in [1.165, 1.54) is 11.6 Å². The molecule has 0 unspecified atom stereocenters. The standard InChI is InChI=1S/C23H23NO4/c1-16-7-3-4-9-19(16)15-28-21-10-6-5-8-18(21)14-24-20-13-17(23(25)26)11-12-22(20)27-2/h3-13,24H,14-15H2,1-2H3,(H,25,26). The van der Waals surface area contributed by atoms with E-state index in [1.54, 1.807) is 19.2 Å². The van der Waals surface area contributed by atoms with Crippen LogP contribution in [0.4, 0.5) is 5.69 Å². The van der Waals surface area contributed by atoms with Gasteiger partial charge in [-0.15, -0.1) is 0 Å². The van der Waals surface area contributed by atoms with Crippen molar-refractivity contribution in [2.45, 2.75) is 20.1 Å². The van der Waals surface area contributed by atoms with Crippen LogP contribution in [0.5, 0.6) is 11.5 Å². The molecule has 0 saturated heterocycles. The predicted octanol–water partition coefficient (Wildman–Crippen LogP) is 4.89. The molecule has 0 aliphatic heterocycles. The van der Waals surface area contributed by atoms with E-state index in [0.717, 1.165) is 16.9 Å². The predicted molar refractivity (Wildman–Crippen MR) is 109 cm³/mol. The van der Waals surface area contributed by atoms with Crippen molar-refractivity contribution in [1.82, 2.24) is 0 Å². The number of rotatable bonds is 8. The van der Waals surface area contributed by atoms with Gasteiger partial charge in [0.25, 0.3) is 0 Å². The van der Waals surface area contributed by atoms with Gasteiger partial charge in [-0.1, -0.05) is 42.5 Å². The summed E-state index contributed by atoms with van der Waals surface area (Å²) in [6.45, 7) is 3.03. The Bertz CT molecular complexity index is 968. The maximum atomic E-state index is 11.2.